The van der Waals surface area contributed by atoms with Gasteiger partial charge < -0.3 is 24.7 Å². The van der Waals surface area contributed by atoms with Crippen molar-refractivity contribution >= 4 is 33.4 Å². The van der Waals surface area contributed by atoms with E-state index in [1.54, 1.807) is 0 Å². The monoisotopic (exact) mass is 475 g/mol. The van der Waals surface area contributed by atoms with E-state index in [0.29, 0.717) is 0 Å². The SMILES string of the molecule is CC1=NC=C(COP(=O)(O)O)/C(=C\N=Cc2c(COP(=O)(O)O)cnc(C)c2O)C1=O. The summed E-state index contributed by atoms with van der Waals surface area (Å²) >= 11 is 0. The number of Topliss-reactive ketones (excluding diaryl/α,β-unsaturated/α-hetero) is 1. The molecule has 31 heavy (non-hydrogen) atoms. The number of carbonyl (C=O) groups excluding carboxylic acids is 1. The fourth-order valence-corrected chi connectivity index (χ4v) is 2.92. The Hall–Kier alpha value is -2.34. The first-order chi connectivity index (χ1) is 14.3. The first-order valence-electron chi connectivity index (χ1n) is 8.38. The van der Waals surface area contributed by atoms with Crippen molar-refractivity contribution in [2.24, 2.45) is 9.98 Å². The maximum Gasteiger partial charge on any atom is 0.469 e. The average Bonchev–Trinajstić information content (AvgIpc) is 2.65. The molecule has 0 amide bonds. The molecule has 0 aliphatic carbocycles. The molecule has 168 valence electrons. The average molecular weight is 475 g/mol. The van der Waals surface area contributed by atoms with E-state index in [2.05, 4.69) is 24.0 Å². The van der Waals surface area contributed by atoms with Crippen LogP contribution < -0.4 is 0 Å². The summed E-state index contributed by atoms with van der Waals surface area (Å²) in [7, 11) is -9.57. The van der Waals surface area contributed by atoms with Gasteiger partial charge in [-0.15, -0.1) is 0 Å². The van der Waals surface area contributed by atoms with Crippen molar-refractivity contribution < 1.29 is 47.7 Å². The molecule has 0 saturated heterocycles. The number of ketones is 1. The van der Waals surface area contributed by atoms with Gasteiger partial charge in [0.2, 0.25) is 5.78 Å². The van der Waals surface area contributed by atoms with Crippen molar-refractivity contribution in [3.8, 4) is 5.75 Å². The number of rotatable bonds is 8. The van der Waals surface area contributed by atoms with Crippen LogP contribution >= 0.6 is 15.6 Å². The number of aliphatic imine (C=N–C) groups is 2. The minimum Gasteiger partial charge on any atom is -0.505 e. The summed E-state index contributed by atoms with van der Waals surface area (Å²) in [6.07, 6.45) is 4.64. The van der Waals surface area contributed by atoms with Crippen molar-refractivity contribution in [3.63, 3.8) is 0 Å². The van der Waals surface area contributed by atoms with Crippen LogP contribution in [0, 0.1) is 6.92 Å². The highest BCUT2D eigenvalue weighted by Gasteiger charge is 2.24. The molecule has 0 unspecified atom stereocenters. The van der Waals surface area contributed by atoms with Crippen LogP contribution in [-0.4, -0.2) is 54.0 Å². The number of phosphoric acid groups is 2. The number of carbonyl (C=O) groups is 1. The molecule has 5 N–H and O–H groups in total. The van der Waals surface area contributed by atoms with Gasteiger partial charge >= 0.3 is 15.6 Å². The molecule has 0 radical (unpaired) electrons. The molecule has 1 aliphatic rings. The zero-order valence-electron chi connectivity index (χ0n) is 16.2. The molecule has 0 aromatic carbocycles. The zero-order valence-corrected chi connectivity index (χ0v) is 18.0. The molecule has 2 heterocycles. The minimum atomic E-state index is -4.79. The number of aryl methyl sites for hydroxylation is 1. The van der Waals surface area contributed by atoms with E-state index in [-0.39, 0.29) is 39.4 Å². The second-order valence-electron chi connectivity index (χ2n) is 6.18. The second kappa shape index (κ2) is 9.86. The van der Waals surface area contributed by atoms with Gasteiger partial charge in [-0.1, -0.05) is 0 Å². The van der Waals surface area contributed by atoms with Gasteiger partial charge in [-0.05, 0) is 13.8 Å². The molecule has 13 nitrogen and oxygen atoms in total. The number of hydrogen-bond acceptors (Lipinski definition) is 9. The summed E-state index contributed by atoms with van der Waals surface area (Å²) in [5.41, 5.74) is 0.498. The molecule has 1 aliphatic heterocycles. The second-order valence-corrected chi connectivity index (χ2v) is 8.66. The number of phosphoric ester groups is 2. The Bertz CT molecular complexity index is 1100. The highest BCUT2D eigenvalue weighted by atomic mass is 31.2. The lowest BCUT2D eigenvalue weighted by atomic mass is 9.99. The van der Waals surface area contributed by atoms with E-state index < -0.39 is 34.6 Å². The van der Waals surface area contributed by atoms with E-state index in [4.69, 9.17) is 19.6 Å². The Morgan fingerprint density at radius 2 is 1.71 bits per heavy atom. The van der Waals surface area contributed by atoms with Crippen LogP contribution in [0.2, 0.25) is 0 Å². The van der Waals surface area contributed by atoms with E-state index in [1.807, 2.05) is 0 Å². The summed E-state index contributed by atoms with van der Waals surface area (Å²) in [6, 6.07) is 0. The third kappa shape index (κ3) is 7.39. The highest BCUT2D eigenvalue weighted by Crippen LogP contribution is 2.38. The first-order valence-corrected chi connectivity index (χ1v) is 11.4. The molecule has 0 fully saturated rings. The van der Waals surface area contributed by atoms with Crippen molar-refractivity contribution in [2.45, 2.75) is 20.5 Å². The van der Waals surface area contributed by atoms with Crippen molar-refractivity contribution in [1.82, 2.24) is 4.98 Å². The zero-order chi connectivity index (χ0) is 23.4. The van der Waals surface area contributed by atoms with Crippen LogP contribution in [0.4, 0.5) is 0 Å². The molecule has 0 saturated carbocycles. The molecular formula is C16H19N3O10P2. The van der Waals surface area contributed by atoms with Gasteiger partial charge in [-0.3, -0.25) is 28.8 Å². The molecule has 2 rings (SSSR count). The summed E-state index contributed by atoms with van der Waals surface area (Å²) < 4.78 is 30.7. The molecular weight excluding hydrogens is 456 g/mol. The summed E-state index contributed by atoms with van der Waals surface area (Å²) in [5.74, 6) is -0.869. The summed E-state index contributed by atoms with van der Waals surface area (Å²) in [5, 5.41) is 10.2. The Morgan fingerprint density at radius 1 is 1.10 bits per heavy atom. The van der Waals surface area contributed by atoms with Crippen LogP contribution in [0.5, 0.6) is 5.75 Å². The van der Waals surface area contributed by atoms with Crippen molar-refractivity contribution in [3.05, 3.63) is 46.6 Å². The van der Waals surface area contributed by atoms with Gasteiger partial charge in [-0.25, -0.2) is 9.13 Å². The highest BCUT2D eigenvalue weighted by molar-refractivity contribution is 7.46. The molecule has 1 aromatic rings. The normalized spacial score (nSPS) is 16.7. The van der Waals surface area contributed by atoms with Gasteiger partial charge in [-0.2, -0.15) is 0 Å². The van der Waals surface area contributed by atoms with Crippen LogP contribution in [-0.2, 0) is 29.6 Å². The number of aromatic nitrogens is 1. The smallest absolute Gasteiger partial charge is 0.469 e. The molecule has 0 atom stereocenters. The maximum atomic E-state index is 12.4. The summed E-state index contributed by atoms with van der Waals surface area (Å²) in [6.45, 7) is 1.75. The maximum absolute atomic E-state index is 12.4. The number of hydrogen-bond donors (Lipinski definition) is 5. The largest absolute Gasteiger partial charge is 0.505 e. The Labute approximate surface area is 176 Å². The minimum absolute atomic E-state index is 0.0449. The standard InChI is InChI=1S/C16H19N3O10P2/c1-9-15(20)13(11(3-18-9)7-28-30(22,23)24)5-17-6-14-12(8-29-31(25,26)27)4-19-10(2)16(14)21/h3-6,20H,7-8H2,1-2H3,(H2,22,23,24)(H2,25,26,27)/b14-6+,17-5?. The van der Waals surface area contributed by atoms with Gasteiger partial charge in [0.05, 0.1) is 24.6 Å². The van der Waals surface area contributed by atoms with Gasteiger partial charge in [0.15, 0.2) is 0 Å². The topological polar surface area (TPSA) is 208 Å². The molecule has 1 aromatic heterocycles. The lowest BCUT2D eigenvalue weighted by Crippen LogP contribution is -2.19. The predicted octanol–water partition coefficient (Wildman–Crippen LogP) is 1.04. The van der Waals surface area contributed by atoms with E-state index in [1.165, 1.54) is 26.2 Å². The van der Waals surface area contributed by atoms with E-state index in [9.17, 15) is 19.0 Å². The third-order valence-electron chi connectivity index (χ3n) is 3.87. The number of pyridine rings is 1. The summed E-state index contributed by atoms with van der Waals surface area (Å²) in [4.78, 5) is 59.5. The Kier molecular flexibility index (Phi) is 7.93. The van der Waals surface area contributed by atoms with Crippen LogP contribution in [0.3, 0.4) is 0 Å². The lowest BCUT2D eigenvalue weighted by Gasteiger charge is -2.14. The van der Waals surface area contributed by atoms with Crippen LogP contribution in [0.15, 0.2) is 39.7 Å². The lowest BCUT2D eigenvalue weighted by molar-refractivity contribution is -0.109. The fraction of sp³-hybridized carbons (Fsp3) is 0.250. The van der Waals surface area contributed by atoms with Crippen LogP contribution in [0.25, 0.3) is 0 Å². The van der Waals surface area contributed by atoms with Gasteiger partial charge in [0.25, 0.3) is 0 Å². The molecule has 0 spiro atoms. The number of nitrogens with zero attached hydrogens (tertiary/aromatic N) is 3. The molecule has 15 heteroatoms. The third-order valence-corrected chi connectivity index (χ3v) is 4.81. The quantitative estimate of drug-likeness (QED) is 0.204. The van der Waals surface area contributed by atoms with Crippen molar-refractivity contribution in [2.75, 3.05) is 6.61 Å². The Morgan fingerprint density at radius 3 is 2.32 bits per heavy atom. The van der Waals surface area contributed by atoms with Crippen LogP contribution in [0.1, 0.15) is 23.7 Å². The van der Waals surface area contributed by atoms with Gasteiger partial charge in [0.1, 0.15) is 5.75 Å². The predicted molar refractivity (Wildman–Crippen MR) is 107 cm³/mol. The number of aromatic hydroxyl groups is 1. The van der Waals surface area contributed by atoms with E-state index >= 15 is 0 Å². The van der Waals surface area contributed by atoms with E-state index in [0.717, 1.165) is 12.4 Å². The van der Waals surface area contributed by atoms with Crippen molar-refractivity contribution in [1.29, 1.82) is 0 Å². The Balaban J connectivity index is 2.37. The van der Waals surface area contributed by atoms with Gasteiger partial charge in [0, 0.05) is 47.1 Å². The molecule has 0 bridgehead atoms. The fourth-order valence-electron chi connectivity index (χ4n) is 2.31. The first kappa shape index (κ1) is 24.9.